The van der Waals surface area contributed by atoms with Crippen LogP contribution in [0.15, 0.2) is 4.42 Å². The van der Waals surface area contributed by atoms with Crippen molar-refractivity contribution in [2.24, 2.45) is 5.92 Å². The van der Waals surface area contributed by atoms with E-state index in [-0.39, 0.29) is 0 Å². The van der Waals surface area contributed by atoms with Gasteiger partial charge in [-0.3, -0.25) is 4.90 Å². The van der Waals surface area contributed by atoms with Gasteiger partial charge in [0, 0.05) is 19.1 Å². The number of hydrogen-bond donors (Lipinski definition) is 1. The topological polar surface area (TPSA) is 41.3 Å². The zero-order valence-electron chi connectivity index (χ0n) is 10.7. The normalized spacial score (nSPS) is 29.5. The van der Waals surface area contributed by atoms with E-state index in [1.807, 2.05) is 13.8 Å². The Balaban J connectivity index is 1.62. The predicted octanol–water partition coefficient (Wildman–Crippen LogP) is 1.48. The van der Waals surface area contributed by atoms with Gasteiger partial charge < -0.3 is 9.73 Å². The maximum atomic E-state index is 5.66. The molecule has 1 aromatic heterocycles. The van der Waals surface area contributed by atoms with Crippen molar-refractivity contribution in [3.63, 3.8) is 0 Å². The Morgan fingerprint density at radius 1 is 1.41 bits per heavy atom. The van der Waals surface area contributed by atoms with Crippen LogP contribution in [0.4, 0.5) is 0 Å². The van der Waals surface area contributed by atoms with Crippen LogP contribution >= 0.6 is 0 Å². The first-order valence-corrected chi connectivity index (χ1v) is 6.61. The average Bonchev–Trinajstić information content (AvgIpc) is 2.86. The van der Waals surface area contributed by atoms with Crippen LogP contribution in [0.5, 0.6) is 0 Å². The molecule has 0 saturated carbocycles. The highest BCUT2D eigenvalue weighted by molar-refractivity contribution is 5.05. The molecule has 0 bridgehead atoms. The van der Waals surface area contributed by atoms with Gasteiger partial charge in [-0.2, -0.15) is 0 Å². The molecule has 94 valence electrons. The molecule has 2 saturated heterocycles. The number of oxazole rings is 1. The summed E-state index contributed by atoms with van der Waals surface area (Å²) >= 11 is 0. The third-order valence-electron chi connectivity index (χ3n) is 4.17. The Bertz CT molecular complexity index is 382. The maximum Gasteiger partial charge on any atom is 0.208 e. The van der Waals surface area contributed by atoms with Crippen molar-refractivity contribution >= 4 is 0 Å². The Labute approximate surface area is 102 Å². The van der Waals surface area contributed by atoms with Crippen LogP contribution < -0.4 is 5.32 Å². The fourth-order valence-electron chi connectivity index (χ4n) is 3.06. The van der Waals surface area contributed by atoms with E-state index in [0.717, 1.165) is 42.4 Å². The zero-order valence-corrected chi connectivity index (χ0v) is 10.7. The van der Waals surface area contributed by atoms with Crippen LogP contribution in [0.2, 0.25) is 0 Å². The molecule has 17 heavy (non-hydrogen) atoms. The minimum atomic E-state index is 0.763. The van der Waals surface area contributed by atoms with Crippen LogP contribution in [0.25, 0.3) is 0 Å². The molecular formula is C13H21N3O. The number of nitrogens with zero attached hydrogens (tertiary/aromatic N) is 2. The lowest BCUT2D eigenvalue weighted by atomic mass is 9.93. The third kappa shape index (κ3) is 2.24. The largest absolute Gasteiger partial charge is 0.444 e. The predicted molar refractivity (Wildman–Crippen MR) is 65.8 cm³/mol. The smallest absolute Gasteiger partial charge is 0.208 e. The van der Waals surface area contributed by atoms with Crippen molar-refractivity contribution in [1.29, 1.82) is 0 Å². The van der Waals surface area contributed by atoms with E-state index >= 15 is 0 Å². The number of piperidine rings is 1. The summed E-state index contributed by atoms with van der Waals surface area (Å²) in [5, 5.41) is 3.59. The summed E-state index contributed by atoms with van der Waals surface area (Å²) in [6.45, 7) is 8.42. The summed E-state index contributed by atoms with van der Waals surface area (Å²) in [5.41, 5.74) is 1.03. The fourth-order valence-corrected chi connectivity index (χ4v) is 3.06. The van der Waals surface area contributed by atoms with Crippen molar-refractivity contribution in [3.8, 4) is 0 Å². The van der Waals surface area contributed by atoms with Gasteiger partial charge in [0.25, 0.3) is 0 Å². The molecule has 1 N–H and O–H groups in total. The fraction of sp³-hybridized carbons (Fsp3) is 0.769. The number of nitrogens with one attached hydrogen (secondary N) is 1. The van der Waals surface area contributed by atoms with Gasteiger partial charge in [-0.25, -0.2) is 4.98 Å². The van der Waals surface area contributed by atoms with E-state index in [4.69, 9.17) is 4.42 Å². The monoisotopic (exact) mass is 235 g/mol. The number of aryl methyl sites for hydroxylation is 2. The standard InChI is InChI=1S/C13H21N3O/c1-9-10(2)17-13(15-9)8-16-6-4-12-11(7-16)3-5-14-12/h11-12,14H,3-8H2,1-2H3. The molecule has 0 aliphatic carbocycles. The zero-order chi connectivity index (χ0) is 11.8. The molecule has 1 aromatic rings. The van der Waals surface area contributed by atoms with Gasteiger partial charge >= 0.3 is 0 Å². The summed E-state index contributed by atoms with van der Waals surface area (Å²) in [5.74, 6) is 2.67. The Hall–Kier alpha value is -0.870. The lowest BCUT2D eigenvalue weighted by Crippen LogP contribution is -2.43. The molecular weight excluding hydrogens is 214 g/mol. The first kappa shape index (κ1) is 11.2. The highest BCUT2D eigenvalue weighted by Gasteiger charge is 2.32. The van der Waals surface area contributed by atoms with Crippen LogP contribution in [0.3, 0.4) is 0 Å². The highest BCUT2D eigenvalue weighted by atomic mass is 16.4. The summed E-state index contributed by atoms with van der Waals surface area (Å²) in [6, 6.07) is 0.763. The van der Waals surface area contributed by atoms with Gasteiger partial charge in [0.15, 0.2) is 0 Å². The number of hydrogen-bond acceptors (Lipinski definition) is 4. The van der Waals surface area contributed by atoms with Crippen LogP contribution in [0.1, 0.15) is 30.2 Å². The molecule has 3 rings (SSSR count). The summed E-state index contributed by atoms with van der Waals surface area (Å²) in [4.78, 5) is 6.95. The number of aromatic nitrogens is 1. The highest BCUT2D eigenvalue weighted by Crippen LogP contribution is 2.25. The number of fused-ring (bicyclic) bond motifs is 1. The third-order valence-corrected chi connectivity index (χ3v) is 4.17. The molecule has 2 aliphatic heterocycles. The minimum Gasteiger partial charge on any atom is -0.444 e. The second-order valence-electron chi connectivity index (χ2n) is 5.38. The molecule has 2 aliphatic rings. The van der Waals surface area contributed by atoms with Crippen LogP contribution in [-0.2, 0) is 6.54 Å². The Morgan fingerprint density at radius 2 is 2.29 bits per heavy atom. The van der Waals surface area contributed by atoms with E-state index in [1.54, 1.807) is 0 Å². The van der Waals surface area contributed by atoms with E-state index in [9.17, 15) is 0 Å². The van der Waals surface area contributed by atoms with E-state index in [1.165, 1.54) is 25.9 Å². The second kappa shape index (κ2) is 4.42. The van der Waals surface area contributed by atoms with E-state index < -0.39 is 0 Å². The summed E-state index contributed by atoms with van der Waals surface area (Å²) in [7, 11) is 0. The number of rotatable bonds is 2. The van der Waals surface area contributed by atoms with Gasteiger partial charge in [0.2, 0.25) is 5.89 Å². The molecule has 2 atom stereocenters. The lowest BCUT2D eigenvalue weighted by molar-refractivity contribution is 0.144. The van der Waals surface area contributed by atoms with Crippen LogP contribution in [-0.4, -0.2) is 35.6 Å². The van der Waals surface area contributed by atoms with Crippen LogP contribution in [0, 0.1) is 19.8 Å². The van der Waals surface area contributed by atoms with Gasteiger partial charge in [0.05, 0.1) is 12.2 Å². The molecule has 0 radical (unpaired) electrons. The summed E-state index contributed by atoms with van der Waals surface area (Å²) < 4.78 is 5.66. The van der Waals surface area contributed by atoms with Gasteiger partial charge in [-0.1, -0.05) is 0 Å². The molecule has 0 spiro atoms. The first-order valence-electron chi connectivity index (χ1n) is 6.61. The molecule has 2 fully saturated rings. The maximum absolute atomic E-state index is 5.66. The minimum absolute atomic E-state index is 0.763. The van der Waals surface area contributed by atoms with Crippen molar-refractivity contribution < 1.29 is 4.42 Å². The SMILES string of the molecule is Cc1nc(CN2CCC3NCCC3C2)oc1C. The van der Waals surface area contributed by atoms with Crippen molar-refractivity contribution in [1.82, 2.24) is 15.2 Å². The average molecular weight is 235 g/mol. The van der Waals surface area contributed by atoms with Gasteiger partial charge in [-0.15, -0.1) is 0 Å². The van der Waals surface area contributed by atoms with Gasteiger partial charge in [0.1, 0.15) is 5.76 Å². The first-order chi connectivity index (χ1) is 8.22. The molecule has 0 aromatic carbocycles. The van der Waals surface area contributed by atoms with Crippen molar-refractivity contribution in [3.05, 3.63) is 17.3 Å². The lowest BCUT2D eigenvalue weighted by Gasteiger charge is -2.33. The van der Waals surface area contributed by atoms with Crippen molar-refractivity contribution in [2.45, 2.75) is 39.3 Å². The van der Waals surface area contributed by atoms with E-state index in [0.29, 0.717) is 0 Å². The second-order valence-corrected chi connectivity index (χ2v) is 5.38. The van der Waals surface area contributed by atoms with Gasteiger partial charge in [-0.05, 0) is 39.2 Å². The Morgan fingerprint density at radius 3 is 3.06 bits per heavy atom. The van der Waals surface area contributed by atoms with E-state index in [2.05, 4.69) is 15.2 Å². The Kier molecular flexibility index (Phi) is 2.92. The number of likely N-dealkylation sites (tertiary alicyclic amines) is 1. The summed E-state index contributed by atoms with van der Waals surface area (Å²) in [6.07, 6.45) is 2.59. The van der Waals surface area contributed by atoms with Crippen molar-refractivity contribution in [2.75, 3.05) is 19.6 Å². The quantitative estimate of drug-likeness (QED) is 0.843. The molecule has 2 unspecified atom stereocenters. The molecule has 0 amide bonds. The molecule has 4 heteroatoms. The molecule has 3 heterocycles. The molecule has 4 nitrogen and oxygen atoms in total.